The Kier molecular flexibility index (Phi) is 5.60. The second-order valence-electron chi connectivity index (χ2n) is 5.25. The molecular weight excluding hydrogens is 310 g/mol. The van der Waals surface area contributed by atoms with Gasteiger partial charge in [-0.05, 0) is 45.4 Å². The van der Waals surface area contributed by atoms with E-state index >= 15 is 0 Å². The molecule has 2 aromatic rings. The number of para-hydroxylation sites is 2. The minimum Gasteiger partial charge on any atom is -0.495 e. The first kappa shape index (κ1) is 17.3. The van der Waals surface area contributed by atoms with Gasteiger partial charge in [-0.3, -0.25) is 4.79 Å². The Labute approximate surface area is 140 Å². The van der Waals surface area contributed by atoms with E-state index in [0.29, 0.717) is 16.6 Å². The lowest BCUT2D eigenvalue weighted by Crippen LogP contribution is -2.23. The lowest BCUT2D eigenvalue weighted by Gasteiger charge is -2.14. The van der Waals surface area contributed by atoms with Crippen LogP contribution < -0.4 is 10.1 Å². The SMILES string of the molecule is COc1ccccc1NC(=O)C(C)Sc1nc(C)c(C)c(C)n1. The Morgan fingerprint density at radius 2 is 1.78 bits per heavy atom. The molecule has 0 radical (unpaired) electrons. The van der Waals surface area contributed by atoms with Crippen molar-refractivity contribution in [2.24, 2.45) is 0 Å². The number of ether oxygens (including phenoxy) is 1. The fraction of sp³-hybridized carbons (Fsp3) is 0.353. The van der Waals surface area contributed by atoms with Gasteiger partial charge in [-0.1, -0.05) is 23.9 Å². The van der Waals surface area contributed by atoms with Crippen LogP contribution in [0.2, 0.25) is 0 Å². The summed E-state index contributed by atoms with van der Waals surface area (Å²) in [6, 6.07) is 7.33. The number of amides is 1. The maximum atomic E-state index is 12.4. The van der Waals surface area contributed by atoms with Gasteiger partial charge in [0.15, 0.2) is 5.16 Å². The van der Waals surface area contributed by atoms with Crippen LogP contribution >= 0.6 is 11.8 Å². The molecule has 1 aromatic carbocycles. The molecule has 1 aromatic heterocycles. The maximum Gasteiger partial charge on any atom is 0.237 e. The van der Waals surface area contributed by atoms with E-state index in [1.54, 1.807) is 7.11 Å². The zero-order valence-electron chi connectivity index (χ0n) is 14.0. The van der Waals surface area contributed by atoms with Gasteiger partial charge >= 0.3 is 0 Å². The van der Waals surface area contributed by atoms with Crippen molar-refractivity contribution in [2.45, 2.75) is 38.1 Å². The number of aryl methyl sites for hydroxylation is 2. The highest BCUT2D eigenvalue weighted by Gasteiger charge is 2.18. The standard InChI is InChI=1S/C17H21N3O2S/c1-10-11(2)18-17(19-12(10)3)23-13(4)16(21)20-14-8-6-7-9-15(14)22-5/h6-9,13H,1-5H3,(H,20,21). The molecule has 6 heteroatoms. The predicted molar refractivity (Wildman–Crippen MR) is 93.2 cm³/mol. The normalized spacial score (nSPS) is 11.9. The quantitative estimate of drug-likeness (QED) is 0.671. The van der Waals surface area contributed by atoms with Gasteiger partial charge in [0.25, 0.3) is 0 Å². The van der Waals surface area contributed by atoms with Gasteiger partial charge in [-0.15, -0.1) is 0 Å². The Balaban J connectivity index is 2.08. The molecule has 1 amide bonds. The molecular formula is C17H21N3O2S. The number of carbonyl (C=O) groups excluding carboxylic acids is 1. The van der Waals surface area contributed by atoms with Crippen LogP contribution in [0.25, 0.3) is 0 Å². The fourth-order valence-corrected chi connectivity index (χ4v) is 2.85. The molecule has 1 heterocycles. The van der Waals surface area contributed by atoms with Crippen LogP contribution in [0.4, 0.5) is 5.69 Å². The molecule has 0 saturated carbocycles. The number of aromatic nitrogens is 2. The van der Waals surface area contributed by atoms with Gasteiger partial charge in [0.1, 0.15) is 5.75 Å². The third kappa shape index (κ3) is 4.22. The van der Waals surface area contributed by atoms with Gasteiger partial charge in [0.05, 0.1) is 18.0 Å². The fourth-order valence-electron chi connectivity index (χ4n) is 1.99. The van der Waals surface area contributed by atoms with Crippen LogP contribution in [-0.4, -0.2) is 28.2 Å². The van der Waals surface area contributed by atoms with E-state index in [0.717, 1.165) is 17.0 Å². The van der Waals surface area contributed by atoms with E-state index in [1.807, 2.05) is 52.0 Å². The summed E-state index contributed by atoms with van der Waals surface area (Å²) in [5.41, 5.74) is 3.62. The number of thioether (sulfide) groups is 1. The molecule has 0 aliphatic heterocycles. The third-order valence-corrected chi connectivity index (χ3v) is 4.59. The highest BCUT2D eigenvalue weighted by Crippen LogP contribution is 2.26. The Morgan fingerprint density at radius 3 is 2.39 bits per heavy atom. The second kappa shape index (κ2) is 7.46. The maximum absolute atomic E-state index is 12.4. The first-order chi connectivity index (χ1) is 10.9. The first-order valence-electron chi connectivity index (χ1n) is 7.34. The van der Waals surface area contributed by atoms with Gasteiger partial charge in [0, 0.05) is 11.4 Å². The molecule has 0 spiro atoms. The van der Waals surface area contributed by atoms with Crippen molar-refractivity contribution in [2.75, 3.05) is 12.4 Å². The highest BCUT2D eigenvalue weighted by atomic mass is 32.2. The van der Waals surface area contributed by atoms with Crippen LogP contribution in [-0.2, 0) is 4.79 Å². The molecule has 0 saturated heterocycles. The summed E-state index contributed by atoms with van der Waals surface area (Å²) in [6.45, 7) is 7.74. The van der Waals surface area contributed by atoms with Crippen molar-refractivity contribution in [3.05, 3.63) is 41.2 Å². The second-order valence-corrected chi connectivity index (χ2v) is 6.56. The molecule has 5 nitrogen and oxygen atoms in total. The molecule has 0 aliphatic rings. The topological polar surface area (TPSA) is 64.1 Å². The number of methoxy groups -OCH3 is 1. The van der Waals surface area contributed by atoms with Crippen LogP contribution in [0.3, 0.4) is 0 Å². The minimum atomic E-state index is -0.318. The number of hydrogen-bond donors (Lipinski definition) is 1. The first-order valence-corrected chi connectivity index (χ1v) is 8.22. The number of nitrogens with one attached hydrogen (secondary N) is 1. The van der Waals surface area contributed by atoms with Crippen molar-refractivity contribution in [3.8, 4) is 5.75 Å². The number of benzene rings is 1. The lowest BCUT2D eigenvalue weighted by atomic mass is 10.2. The molecule has 2 rings (SSSR count). The van der Waals surface area contributed by atoms with E-state index in [9.17, 15) is 4.79 Å². The van der Waals surface area contributed by atoms with Crippen LogP contribution in [0.1, 0.15) is 23.9 Å². The average Bonchev–Trinajstić information content (AvgIpc) is 2.53. The molecule has 1 N–H and O–H groups in total. The monoisotopic (exact) mass is 331 g/mol. The van der Waals surface area contributed by atoms with E-state index < -0.39 is 0 Å². The number of nitrogens with zero attached hydrogens (tertiary/aromatic N) is 2. The highest BCUT2D eigenvalue weighted by molar-refractivity contribution is 8.00. The summed E-state index contributed by atoms with van der Waals surface area (Å²) >= 11 is 1.35. The molecule has 0 aliphatic carbocycles. The van der Waals surface area contributed by atoms with E-state index in [4.69, 9.17) is 4.74 Å². The summed E-state index contributed by atoms with van der Waals surface area (Å²) in [5.74, 6) is 0.523. The van der Waals surface area contributed by atoms with Crippen molar-refractivity contribution in [1.29, 1.82) is 0 Å². The largest absolute Gasteiger partial charge is 0.495 e. The van der Waals surface area contributed by atoms with E-state index in [2.05, 4.69) is 15.3 Å². The molecule has 0 bridgehead atoms. The smallest absolute Gasteiger partial charge is 0.237 e. The Bertz CT molecular complexity index is 696. The van der Waals surface area contributed by atoms with Crippen molar-refractivity contribution in [3.63, 3.8) is 0 Å². The van der Waals surface area contributed by atoms with Gasteiger partial charge in [0.2, 0.25) is 5.91 Å². The van der Waals surface area contributed by atoms with Crippen molar-refractivity contribution >= 4 is 23.4 Å². The van der Waals surface area contributed by atoms with E-state index in [-0.39, 0.29) is 11.2 Å². The van der Waals surface area contributed by atoms with Gasteiger partial charge < -0.3 is 10.1 Å². The lowest BCUT2D eigenvalue weighted by molar-refractivity contribution is -0.115. The molecule has 122 valence electrons. The molecule has 23 heavy (non-hydrogen) atoms. The Hall–Kier alpha value is -2.08. The Morgan fingerprint density at radius 1 is 1.17 bits per heavy atom. The predicted octanol–water partition coefficient (Wildman–Crippen LogP) is 3.53. The zero-order valence-corrected chi connectivity index (χ0v) is 14.8. The molecule has 0 fully saturated rings. The number of anilines is 1. The zero-order chi connectivity index (χ0) is 17.0. The minimum absolute atomic E-state index is 0.112. The van der Waals surface area contributed by atoms with Crippen LogP contribution in [0.15, 0.2) is 29.4 Å². The van der Waals surface area contributed by atoms with Crippen LogP contribution in [0.5, 0.6) is 5.75 Å². The summed E-state index contributed by atoms with van der Waals surface area (Å²) in [5, 5.41) is 3.18. The summed E-state index contributed by atoms with van der Waals surface area (Å²) in [6.07, 6.45) is 0. The van der Waals surface area contributed by atoms with Crippen LogP contribution in [0, 0.1) is 20.8 Å². The number of rotatable bonds is 5. The average molecular weight is 331 g/mol. The van der Waals surface area contributed by atoms with Crippen molar-refractivity contribution in [1.82, 2.24) is 9.97 Å². The molecule has 1 unspecified atom stereocenters. The molecule has 1 atom stereocenters. The van der Waals surface area contributed by atoms with Crippen molar-refractivity contribution < 1.29 is 9.53 Å². The van der Waals surface area contributed by atoms with Gasteiger partial charge in [-0.25, -0.2) is 9.97 Å². The number of hydrogen-bond acceptors (Lipinski definition) is 5. The summed E-state index contributed by atoms with van der Waals surface area (Å²) < 4.78 is 5.24. The summed E-state index contributed by atoms with van der Waals surface area (Å²) in [7, 11) is 1.58. The third-order valence-electron chi connectivity index (χ3n) is 3.63. The summed E-state index contributed by atoms with van der Waals surface area (Å²) in [4.78, 5) is 21.3. The van der Waals surface area contributed by atoms with Gasteiger partial charge in [-0.2, -0.15) is 0 Å². The number of carbonyl (C=O) groups is 1. The van der Waals surface area contributed by atoms with E-state index in [1.165, 1.54) is 11.8 Å².